The Morgan fingerprint density at radius 2 is 1.95 bits per heavy atom. The van der Waals surface area contributed by atoms with Gasteiger partial charge in [-0.15, -0.1) is 11.3 Å². The first-order chi connectivity index (χ1) is 9.49. The maximum Gasteiger partial charge on any atom is 0.307 e. The Hall–Kier alpha value is -1.47. The third-order valence-electron chi connectivity index (χ3n) is 2.76. The average molecular weight is 300 g/mol. The molecule has 1 rings (SSSR count). The van der Waals surface area contributed by atoms with Crippen molar-refractivity contribution in [2.75, 3.05) is 33.9 Å². The molecular formula is C13H20N2O4S. The van der Waals surface area contributed by atoms with E-state index in [1.807, 2.05) is 13.8 Å². The van der Waals surface area contributed by atoms with Crippen molar-refractivity contribution in [1.29, 1.82) is 0 Å². The van der Waals surface area contributed by atoms with Gasteiger partial charge in [0.2, 0.25) is 0 Å². The lowest BCUT2D eigenvalue weighted by Gasteiger charge is -2.21. The van der Waals surface area contributed by atoms with Crippen molar-refractivity contribution in [3.63, 3.8) is 0 Å². The van der Waals surface area contributed by atoms with Crippen molar-refractivity contribution in [1.82, 2.24) is 9.88 Å². The van der Waals surface area contributed by atoms with E-state index >= 15 is 0 Å². The number of methoxy groups -OCH3 is 2. The molecule has 1 heterocycles. The van der Waals surface area contributed by atoms with Gasteiger partial charge in [-0.2, -0.15) is 0 Å². The smallest absolute Gasteiger partial charge is 0.307 e. The summed E-state index contributed by atoms with van der Waals surface area (Å²) in [6.45, 7) is 4.84. The third-order valence-corrected chi connectivity index (χ3v) is 3.82. The van der Waals surface area contributed by atoms with Crippen LogP contribution in [0.2, 0.25) is 0 Å². The fourth-order valence-corrected chi connectivity index (χ4v) is 2.61. The summed E-state index contributed by atoms with van der Waals surface area (Å²) < 4.78 is 9.61. The van der Waals surface area contributed by atoms with Crippen LogP contribution in [0.5, 0.6) is 0 Å². The highest BCUT2D eigenvalue weighted by Crippen LogP contribution is 2.19. The summed E-state index contributed by atoms with van der Waals surface area (Å²) in [6.07, 6.45) is 0.169. The maximum atomic E-state index is 12.5. The lowest BCUT2D eigenvalue weighted by molar-refractivity contribution is -0.140. The minimum Gasteiger partial charge on any atom is -0.469 e. The normalized spacial score (nSPS) is 10.4. The van der Waals surface area contributed by atoms with Crippen LogP contribution in [0, 0.1) is 13.8 Å². The van der Waals surface area contributed by atoms with Gasteiger partial charge in [-0.25, -0.2) is 4.98 Å². The van der Waals surface area contributed by atoms with Crippen molar-refractivity contribution >= 4 is 23.2 Å². The standard InChI is InChI=1S/C13H20N2O4S/c1-9-12(20-10(2)14-9)13(17)15(7-8-18-3)6-5-11(16)19-4/h5-8H2,1-4H3. The lowest BCUT2D eigenvalue weighted by atomic mass is 10.3. The van der Waals surface area contributed by atoms with Gasteiger partial charge in [0.25, 0.3) is 5.91 Å². The van der Waals surface area contributed by atoms with Gasteiger partial charge in [-0.1, -0.05) is 0 Å². The molecule has 112 valence electrons. The molecule has 0 N–H and O–H groups in total. The maximum absolute atomic E-state index is 12.5. The lowest BCUT2D eigenvalue weighted by Crippen LogP contribution is -2.35. The van der Waals surface area contributed by atoms with Crippen LogP contribution in [0.25, 0.3) is 0 Å². The molecule has 1 amide bonds. The Morgan fingerprint density at radius 3 is 2.45 bits per heavy atom. The van der Waals surface area contributed by atoms with Crippen LogP contribution in [0.15, 0.2) is 0 Å². The van der Waals surface area contributed by atoms with Crippen LogP contribution in [-0.4, -0.2) is 55.7 Å². The monoisotopic (exact) mass is 300 g/mol. The number of nitrogens with zero attached hydrogens (tertiary/aromatic N) is 2. The Balaban J connectivity index is 2.78. The summed E-state index contributed by atoms with van der Waals surface area (Å²) in [5, 5.41) is 0.852. The molecular weight excluding hydrogens is 280 g/mol. The number of aryl methyl sites for hydroxylation is 2. The van der Waals surface area contributed by atoms with Gasteiger partial charge in [0.05, 0.1) is 30.8 Å². The number of carbonyl (C=O) groups is 2. The van der Waals surface area contributed by atoms with Crippen LogP contribution in [0.1, 0.15) is 26.8 Å². The highest BCUT2D eigenvalue weighted by atomic mass is 32.1. The van der Waals surface area contributed by atoms with Crippen LogP contribution >= 0.6 is 11.3 Å². The minimum absolute atomic E-state index is 0.117. The number of hydrogen-bond donors (Lipinski definition) is 0. The second kappa shape index (κ2) is 7.96. The summed E-state index contributed by atoms with van der Waals surface area (Å²) in [4.78, 5) is 30.2. The molecule has 0 aliphatic carbocycles. The van der Waals surface area contributed by atoms with Gasteiger partial charge in [0.1, 0.15) is 4.88 Å². The first-order valence-corrected chi connectivity index (χ1v) is 7.10. The molecule has 1 aromatic rings. The molecule has 0 saturated heterocycles. The molecule has 20 heavy (non-hydrogen) atoms. The minimum atomic E-state index is -0.336. The summed E-state index contributed by atoms with van der Waals surface area (Å²) in [6, 6.07) is 0. The van der Waals surface area contributed by atoms with Crippen molar-refractivity contribution in [3.8, 4) is 0 Å². The van der Waals surface area contributed by atoms with E-state index in [9.17, 15) is 9.59 Å². The predicted octanol–water partition coefficient (Wildman–Crippen LogP) is 1.41. The van der Waals surface area contributed by atoms with Crippen LogP contribution in [-0.2, 0) is 14.3 Å². The van der Waals surface area contributed by atoms with E-state index in [1.54, 1.807) is 12.0 Å². The fourth-order valence-electron chi connectivity index (χ4n) is 1.72. The zero-order chi connectivity index (χ0) is 15.1. The number of rotatable bonds is 7. The van der Waals surface area contributed by atoms with E-state index < -0.39 is 0 Å². The van der Waals surface area contributed by atoms with Gasteiger partial charge in [0, 0.05) is 20.2 Å². The molecule has 0 aliphatic rings. The number of aromatic nitrogens is 1. The molecule has 0 atom stereocenters. The molecule has 7 heteroatoms. The summed E-state index contributed by atoms with van der Waals surface area (Å²) >= 11 is 1.36. The van der Waals surface area contributed by atoms with Crippen molar-refractivity contribution in [2.24, 2.45) is 0 Å². The summed E-state index contributed by atoms with van der Waals surface area (Å²) in [7, 11) is 2.91. The summed E-state index contributed by atoms with van der Waals surface area (Å²) in [5.41, 5.74) is 0.720. The Kier molecular flexibility index (Phi) is 6.60. The zero-order valence-electron chi connectivity index (χ0n) is 12.3. The second-order valence-corrected chi connectivity index (χ2v) is 5.46. The van der Waals surface area contributed by atoms with E-state index in [1.165, 1.54) is 18.4 Å². The number of esters is 1. The molecule has 6 nitrogen and oxygen atoms in total. The zero-order valence-corrected chi connectivity index (χ0v) is 13.1. The van der Waals surface area contributed by atoms with Crippen molar-refractivity contribution < 1.29 is 19.1 Å². The van der Waals surface area contributed by atoms with Gasteiger partial charge < -0.3 is 14.4 Å². The van der Waals surface area contributed by atoms with Gasteiger partial charge in [-0.3, -0.25) is 9.59 Å². The molecule has 0 bridgehead atoms. The van der Waals surface area contributed by atoms with Crippen LogP contribution in [0.4, 0.5) is 0 Å². The van der Waals surface area contributed by atoms with Crippen LogP contribution in [0.3, 0.4) is 0 Å². The molecule has 0 radical (unpaired) electrons. The molecule has 0 unspecified atom stereocenters. The highest BCUT2D eigenvalue weighted by Gasteiger charge is 2.21. The van der Waals surface area contributed by atoms with Crippen molar-refractivity contribution in [2.45, 2.75) is 20.3 Å². The van der Waals surface area contributed by atoms with E-state index in [4.69, 9.17) is 4.74 Å². The molecule has 0 saturated carbocycles. The first-order valence-electron chi connectivity index (χ1n) is 6.28. The van der Waals surface area contributed by atoms with Crippen LogP contribution < -0.4 is 0 Å². The SMILES string of the molecule is COCCN(CCC(=O)OC)C(=O)c1sc(C)nc1C. The number of carbonyl (C=O) groups excluding carboxylic acids is 2. The van der Waals surface area contributed by atoms with E-state index in [2.05, 4.69) is 9.72 Å². The Bertz CT molecular complexity index is 473. The second-order valence-electron chi connectivity index (χ2n) is 4.26. The Morgan fingerprint density at radius 1 is 1.25 bits per heavy atom. The number of thiazole rings is 1. The predicted molar refractivity (Wildman–Crippen MR) is 76.0 cm³/mol. The fraction of sp³-hybridized carbons (Fsp3) is 0.615. The first kappa shape index (κ1) is 16.6. The average Bonchev–Trinajstić information content (AvgIpc) is 2.76. The number of amides is 1. The topological polar surface area (TPSA) is 68.7 Å². The number of ether oxygens (including phenoxy) is 2. The quantitative estimate of drug-likeness (QED) is 0.712. The molecule has 0 spiro atoms. The van der Waals surface area contributed by atoms with E-state index in [0.29, 0.717) is 24.6 Å². The van der Waals surface area contributed by atoms with Gasteiger partial charge in [-0.05, 0) is 13.8 Å². The van der Waals surface area contributed by atoms with Gasteiger partial charge >= 0.3 is 5.97 Å². The molecule has 0 fully saturated rings. The molecule has 0 aliphatic heterocycles. The van der Waals surface area contributed by atoms with Crippen molar-refractivity contribution in [3.05, 3.63) is 15.6 Å². The largest absolute Gasteiger partial charge is 0.469 e. The van der Waals surface area contributed by atoms with E-state index in [0.717, 1.165) is 10.7 Å². The summed E-state index contributed by atoms with van der Waals surface area (Å²) in [5.74, 6) is -0.452. The molecule has 0 aromatic carbocycles. The number of hydrogen-bond acceptors (Lipinski definition) is 6. The molecule has 1 aromatic heterocycles. The highest BCUT2D eigenvalue weighted by molar-refractivity contribution is 7.13. The van der Waals surface area contributed by atoms with Gasteiger partial charge in [0.15, 0.2) is 0 Å². The van der Waals surface area contributed by atoms with E-state index in [-0.39, 0.29) is 18.3 Å². The third kappa shape index (κ3) is 4.57. The Labute approximate surface area is 122 Å².